The molecule has 1 aliphatic heterocycles. The molecule has 2 aromatic carbocycles. The van der Waals surface area contributed by atoms with Crippen molar-refractivity contribution >= 4 is 150 Å². The molecule has 26 N–H and O–H groups in total. The third-order valence-electron chi connectivity index (χ3n) is 18.5. The number of rotatable bonds is 25. The number of hydrogen-bond donors (Lipinski definition) is 23. The summed E-state index contributed by atoms with van der Waals surface area (Å²) in [5, 5.41) is 72.5. The fraction of sp³-hybridized carbons (Fsp3) is 0.500. The van der Waals surface area contributed by atoms with Gasteiger partial charge in [0.25, 0.3) is 5.97 Å². The zero-order chi connectivity index (χ0) is 87.8. The van der Waals surface area contributed by atoms with Crippen LogP contribution in [0.15, 0.2) is 73.4 Å². The standard InChI is InChI=1S/C72H102N22O18S2.C2H4O2/c1-9-35(4)58(83-38(7)96)71(112)91-52-32-114-113-31-51(69(110)93-59(37(6)95)60(74)101)90-63(104)45(18-14-22-78-72(75)76)84-66(107)49(25-41-28-77-33-81-41)86-61(102)36(5)82-55(98)29-80-62(103)47(23-39-27-79-44-17-12-10-15-42(39)44)87-67(108)50(26-56(99)100)88-64(105)46(20-21-54(73)97)85-65(106)48(89-70(111)57(34(2)3)92-68(52)109)24-40-30-94(8)53-19-13-11-16-43(40)53;1-2(3)4/h10-13,15-17,19,27-28,30,33-37,45-52,57-59,79,95H,9,14,18,20-26,29,31-32H2,1-8H3,(H2,73,97)(H2,74,101)(H,77,81)(H,80,103)(H,82,98)(H,83,96)(H,84,107)(H,85,106)(H,86,102)(H,87,108)(H,88,105)(H,89,111)(H,90,104)(H,91,112)(H,92,109)(H,93,110)(H,99,100)(H4,75,76,78);1H3,(H,3,4)/t35-,36-,37+,45-,46-,47-,48-,49-,50-,51-,52?,57-,58-,59-;/m0./s1. The van der Waals surface area contributed by atoms with E-state index in [1.54, 1.807) is 80.2 Å². The number of imidazole rings is 1. The van der Waals surface area contributed by atoms with Gasteiger partial charge in [-0.3, -0.25) is 86.9 Å². The number of nitrogens with one attached hydrogen (secondary N) is 17. The minimum atomic E-state index is -2.06. The Bertz CT molecular complexity index is 4420. The molecule has 0 aliphatic carbocycles. The van der Waals surface area contributed by atoms with Gasteiger partial charge in [-0.05, 0) is 68.2 Å². The number of carbonyl (C=O) groups is 17. The zero-order valence-electron chi connectivity index (χ0n) is 66.5. The third kappa shape index (κ3) is 31.0. The molecule has 15 amide bonds. The van der Waals surface area contributed by atoms with Crippen LogP contribution in [0.1, 0.15) is 111 Å². The number of hydrogen-bond acceptors (Lipinski definition) is 22. The molecule has 0 spiro atoms. The van der Waals surface area contributed by atoms with Crippen LogP contribution in [0.25, 0.3) is 21.8 Å². The van der Waals surface area contributed by atoms with E-state index in [4.69, 9.17) is 32.5 Å². The van der Waals surface area contributed by atoms with Crippen LogP contribution >= 0.6 is 21.6 Å². The number of amides is 15. The number of nitrogens with two attached hydrogens (primary N) is 3. The molecule has 1 unspecified atom stereocenters. The number of guanidine groups is 1. The summed E-state index contributed by atoms with van der Waals surface area (Å²) in [7, 11) is 3.37. The number of carboxylic acids is 2. The van der Waals surface area contributed by atoms with Crippen LogP contribution in [0.2, 0.25) is 0 Å². The molecule has 118 heavy (non-hydrogen) atoms. The number of aliphatic carboxylic acids is 2. The minimum Gasteiger partial charge on any atom is -0.481 e. The average molecular weight is 1690 g/mol. The number of aromatic amines is 2. The number of fused-ring (bicyclic) bond motifs is 2. The minimum absolute atomic E-state index is 0.00256. The first-order valence-electron chi connectivity index (χ1n) is 37.6. The highest BCUT2D eigenvalue weighted by Crippen LogP contribution is 2.26. The van der Waals surface area contributed by atoms with Gasteiger partial charge in [0.1, 0.15) is 72.5 Å². The molecule has 3 aromatic heterocycles. The van der Waals surface area contributed by atoms with Crippen molar-refractivity contribution in [3.8, 4) is 0 Å². The molecule has 644 valence electrons. The van der Waals surface area contributed by atoms with Gasteiger partial charge in [-0.1, -0.05) is 92.1 Å². The first kappa shape index (κ1) is 96.2. The van der Waals surface area contributed by atoms with Crippen molar-refractivity contribution in [2.75, 3.05) is 24.6 Å². The summed E-state index contributed by atoms with van der Waals surface area (Å²) in [5.74, 6) is -20.7. The number of benzene rings is 2. The number of aromatic nitrogens is 4. The van der Waals surface area contributed by atoms with Crippen molar-refractivity contribution in [1.82, 2.24) is 94.0 Å². The number of aliphatic hydroxyl groups excluding tert-OH is 1. The Morgan fingerprint density at radius 1 is 0.644 bits per heavy atom. The largest absolute Gasteiger partial charge is 0.481 e. The fourth-order valence-electron chi connectivity index (χ4n) is 12.1. The first-order chi connectivity index (χ1) is 55.7. The van der Waals surface area contributed by atoms with Gasteiger partial charge in [-0.15, -0.1) is 0 Å². The van der Waals surface area contributed by atoms with E-state index < -0.39 is 234 Å². The average Bonchev–Trinajstić information content (AvgIpc) is 1.65. The van der Waals surface area contributed by atoms with Crippen molar-refractivity contribution < 1.29 is 96.8 Å². The lowest BCUT2D eigenvalue weighted by molar-refractivity contribution is -0.141. The van der Waals surface area contributed by atoms with Gasteiger partial charge in [0.05, 0.1) is 25.4 Å². The van der Waals surface area contributed by atoms with E-state index in [0.717, 1.165) is 35.4 Å². The van der Waals surface area contributed by atoms with Crippen LogP contribution in [0.4, 0.5) is 0 Å². The van der Waals surface area contributed by atoms with Crippen LogP contribution in [-0.4, -0.2) is 245 Å². The maximum Gasteiger partial charge on any atom is 0.305 e. The van der Waals surface area contributed by atoms with Crippen LogP contribution in [0, 0.1) is 17.2 Å². The summed E-state index contributed by atoms with van der Waals surface area (Å²) >= 11 is 0. The fourth-order valence-corrected chi connectivity index (χ4v) is 14.5. The lowest BCUT2D eigenvalue weighted by Crippen LogP contribution is -2.61. The highest BCUT2D eigenvalue weighted by molar-refractivity contribution is 8.76. The molecule has 4 heterocycles. The quantitative estimate of drug-likeness (QED) is 0.0113. The van der Waals surface area contributed by atoms with Crippen molar-refractivity contribution in [3.63, 3.8) is 0 Å². The lowest BCUT2D eigenvalue weighted by Gasteiger charge is -2.29. The number of carboxylic acid groups (broad SMARTS) is 2. The molecule has 0 bridgehead atoms. The lowest BCUT2D eigenvalue weighted by atomic mass is 9.97. The monoisotopic (exact) mass is 1690 g/mol. The van der Waals surface area contributed by atoms with E-state index >= 15 is 14.4 Å². The molecular weight excluding hydrogens is 1580 g/mol. The van der Waals surface area contributed by atoms with E-state index in [-0.39, 0.29) is 44.3 Å². The number of aryl methyl sites for hydroxylation is 1. The van der Waals surface area contributed by atoms with Crippen LogP contribution in [0.5, 0.6) is 0 Å². The van der Waals surface area contributed by atoms with Gasteiger partial charge in [0, 0.05) is 111 Å². The third-order valence-corrected chi connectivity index (χ3v) is 20.9. The highest BCUT2D eigenvalue weighted by atomic mass is 33.1. The summed E-state index contributed by atoms with van der Waals surface area (Å²) in [4.78, 5) is 245. The molecular formula is C74H106N22O20S2. The number of H-pyrrole nitrogens is 2. The maximum absolute atomic E-state index is 15.2. The summed E-state index contributed by atoms with van der Waals surface area (Å²) < 4.78 is 1.74. The van der Waals surface area contributed by atoms with Gasteiger partial charge >= 0.3 is 5.97 Å². The van der Waals surface area contributed by atoms with Crippen LogP contribution in [-0.2, 0) is 108 Å². The highest BCUT2D eigenvalue weighted by Gasteiger charge is 2.39. The topological polar surface area (TPSA) is 671 Å². The second-order valence-corrected chi connectivity index (χ2v) is 31.0. The molecule has 1 fully saturated rings. The van der Waals surface area contributed by atoms with E-state index in [9.17, 15) is 72.5 Å². The number of carbonyl (C=O) groups excluding carboxylic acids is 15. The van der Waals surface area contributed by atoms with Crippen molar-refractivity contribution in [3.05, 3.63) is 90.3 Å². The second-order valence-electron chi connectivity index (χ2n) is 28.4. The maximum atomic E-state index is 15.2. The van der Waals surface area contributed by atoms with Gasteiger partial charge in [-0.25, -0.2) is 4.98 Å². The molecule has 1 aliphatic rings. The number of aliphatic hydroxyl groups is 1. The van der Waals surface area contributed by atoms with Crippen molar-refractivity contribution in [1.29, 1.82) is 5.41 Å². The molecule has 6 rings (SSSR count). The molecule has 44 heteroatoms. The smallest absolute Gasteiger partial charge is 0.305 e. The van der Waals surface area contributed by atoms with Crippen molar-refractivity contribution in [2.24, 2.45) is 36.1 Å². The molecule has 14 atom stereocenters. The Kier molecular flexibility index (Phi) is 38.3. The molecule has 42 nitrogen and oxygen atoms in total. The number of primary amides is 2. The predicted octanol–water partition coefficient (Wildman–Crippen LogP) is -4.56. The van der Waals surface area contributed by atoms with Crippen LogP contribution < -0.4 is 91.6 Å². The Balaban J connectivity index is 0.00000605. The van der Waals surface area contributed by atoms with Gasteiger partial charge in [0.15, 0.2) is 5.96 Å². The van der Waals surface area contributed by atoms with Crippen molar-refractivity contribution in [2.45, 2.75) is 192 Å². The zero-order valence-corrected chi connectivity index (χ0v) is 68.1. The summed E-state index contributed by atoms with van der Waals surface area (Å²) in [6.45, 7) is 10.2. The predicted molar refractivity (Wildman–Crippen MR) is 432 cm³/mol. The summed E-state index contributed by atoms with van der Waals surface area (Å²) in [6, 6.07) is -6.09. The van der Waals surface area contributed by atoms with E-state index in [1.165, 1.54) is 46.4 Å². The normalized spacial score (nSPS) is 22.0. The first-order valence-corrected chi connectivity index (χ1v) is 40.1. The van der Waals surface area contributed by atoms with Gasteiger partial charge in [-0.2, -0.15) is 0 Å². The molecule has 0 saturated carbocycles. The van der Waals surface area contributed by atoms with E-state index in [0.29, 0.717) is 39.4 Å². The van der Waals surface area contributed by atoms with Gasteiger partial charge in [0.2, 0.25) is 88.6 Å². The van der Waals surface area contributed by atoms with E-state index in [2.05, 4.69) is 89.4 Å². The Hall–Kier alpha value is -12.4. The van der Waals surface area contributed by atoms with E-state index in [1.807, 2.05) is 0 Å². The molecule has 0 radical (unpaired) electrons. The Morgan fingerprint density at radius 2 is 1.20 bits per heavy atom. The summed E-state index contributed by atoms with van der Waals surface area (Å²) in [5.41, 5.74) is 19.2. The SMILES string of the molecule is CC(=O)O.CC[C@H](C)[C@H](NC(C)=O)C(=O)NC1CSSC[C@@H](C(=O)N[C@H](C(N)=O)[C@@H](C)O)NC(=O)[C@H](CCCNC(=N)N)NC(=O)[C@H](Cc2cnc[nH]2)NC(=O)[C@H](C)NC(=O)CNC(=O)[C@H](Cc2c[nH]c3ccccc23)NC(=O)[C@H](CC(=O)O)NC(=O)[C@H](CCC(N)=O)NC(=O)[C@H](Cc2cn(C)c3ccccc23)NC(=O)[C@H](C(C)C)NC1=O. The molecule has 5 aromatic rings. The Morgan fingerprint density at radius 3 is 1.81 bits per heavy atom. The van der Waals surface area contributed by atoms with Gasteiger partial charge < -0.3 is 121 Å². The number of nitrogens with zero attached hydrogens (tertiary/aromatic N) is 2. The molecule has 1 saturated heterocycles. The second kappa shape index (κ2) is 47.0. The summed E-state index contributed by atoms with van der Waals surface area (Å²) in [6.07, 6.45) is 0.938. The Labute approximate surface area is 685 Å². The van der Waals surface area contributed by atoms with Crippen LogP contribution in [0.3, 0.4) is 0 Å². The number of para-hydroxylation sites is 2.